The van der Waals surface area contributed by atoms with Gasteiger partial charge in [-0.05, 0) is 36.6 Å². The number of anilines is 1. The number of nitrogens with zero attached hydrogens (tertiary/aromatic N) is 2. The molecule has 2 aromatic carbocycles. The molecule has 0 saturated carbocycles. The average molecular weight is 353 g/mol. The Kier molecular flexibility index (Phi) is 3.85. The van der Waals surface area contributed by atoms with Gasteiger partial charge in [0.1, 0.15) is 10.7 Å². The normalized spacial score (nSPS) is 17.4. The zero-order chi connectivity index (χ0) is 17.6. The molecular formula is C20H17ClN2O2. The number of rotatable bonds is 2. The zero-order valence-corrected chi connectivity index (χ0v) is 14.6. The van der Waals surface area contributed by atoms with Crippen LogP contribution in [0.4, 0.5) is 5.69 Å². The van der Waals surface area contributed by atoms with Crippen molar-refractivity contribution < 1.29 is 9.59 Å². The second-order valence-electron chi connectivity index (χ2n) is 6.38. The number of amides is 2. The van der Waals surface area contributed by atoms with Gasteiger partial charge in [-0.25, -0.2) is 4.90 Å². The molecule has 5 heteroatoms. The molecule has 2 aliphatic rings. The van der Waals surface area contributed by atoms with Crippen LogP contribution in [-0.2, 0) is 22.6 Å². The van der Waals surface area contributed by atoms with Crippen LogP contribution in [0.1, 0.15) is 16.7 Å². The molecule has 2 heterocycles. The van der Waals surface area contributed by atoms with E-state index in [4.69, 9.17) is 11.6 Å². The van der Waals surface area contributed by atoms with Crippen molar-refractivity contribution in [2.24, 2.45) is 0 Å². The van der Waals surface area contributed by atoms with Crippen LogP contribution in [0.3, 0.4) is 0 Å². The number of benzene rings is 2. The first kappa shape index (κ1) is 15.9. The van der Waals surface area contributed by atoms with Crippen molar-refractivity contribution >= 4 is 29.1 Å². The molecule has 0 saturated heterocycles. The van der Waals surface area contributed by atoms with Crippen LogP contribution in [0, 0.1) is 6.92 Å². The van der Waals surface area contributed by atoms with Crippen molar-refractivity contribution in [1.82, 2.24) is 4.90 Å². The maximum atomic E-state index is 12.9. The lowest BCUT2D eigenvalue weighted by Crippen LogP contribution is -2.37. The van der Waals surface area contributed by atoms with Gasteiger partial charge < -0.3 is 4.90 Å². The van der Waals surface area contributed by atoms with E-state index in [0.717, 1.165) is 16.9 Å². The average Bonchev–Trinajstić information content (AvgIpc) is 2.85. The van der Waals surface area contributed by atoms with Gasteiger partial charge in [0.15, 0.2) is 0 Å². The number of hydrogen-bond acceptors (Lipinski definition) is 3. The molecule has 0 N–H and O–H groups in total. The first-order chi connectivity index (χ1) is 12.1. The molecule has 0 fully saturated rings. The lowest BCUT2D eigenvalue weighted by atomic mass is 9.99. The minimum absolute atomic E-state index is 0.00459. The van der Waals surface area contributed by atoms with Crippen molar-refractivity contribution in [1.29, 1.82) is 0 Å². The third-order valence-corrected chi connectivity index (χ3v) is 5.08. The van der Waals surface area contributed by atoms with E-state index in [-0.39, 0.29) is 10.9 Å². The third-order valence-electron chi connectivity index (χ3n) is 4.74. The summed E-state index contributed by atoms with van der Waals surface area (Å²) in [6.07, 6.45) is 0.829. The van der Waals surface area contributed by atoms with Gasteiger partial charge in [-0.15, -0.1) is 0 Å². The zero-order valence-electron chi connectivity index (χ0n) is 13.8. The Hall–Kier alpha value is -2.59. The SMILES string of the molecule is Cc1ccc(N2C(=O)C(Cl)=C(N3CCc4ccccc4C3)C2=O)cc1. The number of aryl methyl sites for hydroxylation is 1. The Balaban J connectivity index is 1.66. The van der Waals surface area contributed by atoms with Gasteiger partial charge in [0, 0.05) is 13.1 Å². The monoisotopic (exact) mass is 352 g/mol. The summed E-state index contributed by atoms with van der Waals surface area (Å²) in [5, 5.41) is 0.00459. The summed E-state index contributed by atoms with van der Waals surface area (Å²) in [6, 6.07) is 15.4. The molecule has 4 nitrogen and oxygen atoms in total. The summed E-state index contributed by atoms with van der Waals surface area (Å²) in [7, 11) is 0. The molecule has 0 bridgehead atoms. The van der Waals surface area contributed by atoms with Crippen LogP contribution >= 0.6 is 11.6 Å². The predicted molar refractivity (Wildman–Crippen MR) is 97.1 cm³/mol. The topological polar surface area (TPSA) is 40.6 Å². The fourth-order valence-electron chi connectivity index (χ4n) is 3.38. The van der Waals surface area contributed by atoms with E-state index in [1.807, 2.05) is 36.1 Å². The van der Waals surface area contributed by atoms with Crippen molar-refractivity contribution in [3.8, 4) is 0 Å². The molecule has 0 radical (unpaired) electrons. The quantitative estimate of drug-likeness (QED) is 0.778. The highest BCUT2D eigenvalue weighted by atomic mass is 35.5. The minimum atomic E-state index is -0.454. The summed E-state index contributed by atoms with van der Waals surface area (Å²) >= 11 is 6.29. The van der Waals surface area contributed by atoms with Crippen LogP contribution in [0.2, 0.25) is 0 Å². The molecule has 0 aliphatic carbocycles. The second kappa shape index (κ2) is 6.05. The molecule has 0 unspecified atom stereocenters. The highest BCUT2D eigenvalue weighted by Gasteiger charge is 2.41. The Morgan fingerprint density at radius 2 is 1.60 bits per heavy atom. The third kappa shape index (κ3) is 2.63. The number of halogens is 1. The maximum absolute atomic E-state index is 12.9. The second-order valence-corrected chi connectivity index (χ2v) is 6.76. The van der Waals surface area contributed by atoms with Crippen LogP contribution < -0.4 is 4.90 Å². The molecule has 0 aromatic heterocycles. The van der Waals surface area contributed by atoms with Gasteiger partial charge >= 0.3 is 0 Å². The molecule has 126 valence electrons. The highest BCUT2D eigenvalue weighted by molar-refractivity contribution is 6.52. The number of imide groups is 1. The molecule has 0 atom stereocenters. The van der Waals surface area contributed by atoms with E-state index < -0.39 is 5.91 Å². The van der Waals surface area contributed by atoms with Crippen molar-refractivity contribution in [2.45, 2.75) is 19.9 Å². The lowest BCUT2D eigenvalue weighted by Gasteiger charge is -2.31. The van der Waals surface area contributed by atoms with Gasteiger partial charge in [-0.1, -0.05) is 53.6 Å². The number of fused-ring (bicyclic) bond motifs is 1. The van der Waals surface area contributed by atoms with Crippen molar-refractivity contribution in [2.75, 3.05) is 11.4 Å². The molecule has 4 rings (SSSR count). The minimum Gasteiger partial charge on any atom is -0.361 e. The Labute approximate surface area is 151 Å². The number of hydrogen-bond donors (Lipinski definition) is 0. The predicted octanol–water partition coefficient (Wildman–Crippen LogP) is 3.38. The molecule has 2 aromatic rings. The Morgan fingerprint density at radius 3 is 2.32 bits per heavy atom. The van der Waals surface area contributed by atoms with Crippen molar-refractivity contribution in [3.05, 3.63) is 76.0 Å². The molecule has 0 spiro atoms. The van der Waals surface area contributed by atoms with Crippen LogP contribution in [-0.4, -0.2) is 23.3 Å². The Bertz CT molecular complexity index is 902. The number of carbonyl (C=O) groups is 2. The molecule has 2 aliphatic heterocycles. The molecule has 25 heavy (non-hydrogen) atoms. The lowest BCUT2D eigenvalue weighted by molar-refractivity contribution is -0.121. The summed E-state index contributed by atoms with van der Waals surface area (Å²) in [6.45, 7) is 3.21. The van der Waals surface area contributed by atoms with E-state index in [9.17, 15) is 9.59 Å². The van der Waals surface area contributed by atoms with Crippen LogP contribution in [0.15, 0.2) is 59.3 Å². The Morgan fingerprint density at radius 1 is 0.920 bits per heavy atom. The first-order valence-corrected chi connectivity index (χ1v) is 8.61. The smallest absolute Gasteiger partial charge is 0.283 e. The van der Waals surface area contributed by atoms with E-state index >= 15 is 0 Å². The first-order valence-electron chi connectivity index (χ1n) is 8.23. The van der Waals surface area contributed by atoms with Gasteiger partial charge in [0.05, 0.1) is 5.69 Å². The van der Waals surface area contributed by atoms with Gasteiger partial charge in [0.2, 0.25) is 0 Å². The van der Waals surface area contributed by atoms with Crippen LogP contribution in [0.5, 0.6) is 0 Å². The summed E-state index contributed by atoms with van der Waals surface area (Å²) < 4.78 is 0. The van der Waals surface area contributed by atoms with Crippen molar-refractivity contribution in [3.63, 3.8) is 0 Å². The maximum Gasteiger partial charge on any atom is 0.283 e. The largest absolute Gasteiger partial charge is 0.361 e. The summed E-state index contributed by atoms with van der Waals surface area (Å²) in [5.74, 6) is -0.803. The van der Waals surface area contributed by atoms with E-state index in [1.54, 1.807) is 12.1 Å². The van der Waals surface area contributed by atoms with Gasteiger partial charge in [0.25, 0.3) is 11.8 Å². The fraction of sp³-hybridized carbons (Fsp3) is 0.200. The van der Waals surface area contributed by atoms with Crippen LogP contribution in [0.25, 0.3) is 0 Å². The molecular weight excluding hydrogens is 336 g/mol. The van der Waals surface area contributed by atoms with Gasteiger partial charge in [-0.3, -0.25) is 9.59 Å². The van der Waals surface area contributed by atoms with E-state index in [2.05, 4.69) is 12.1 Å². The van der Waals surface area contributed by atoms with E-state index in [1.165, 1.54) is 11.1 Å². The fourth-order valence-corrected chi connectivity index (χ4v) is 3.67. The molecule has 2 amide bonds. The van der Waals surface area contributed by atoms with Gasteiger partial charge in [-0.2, -0.15) is 0 Å². The highest BCUT2D eigenvalue weighted by Crippen LogP contribution is 2.33. The summed E-state index contributed by atoms with van der Waals surface area (Å²) in [5.41, 5.74) is 4.37. The standard InChI is InChI=1S/C20H17ClN2O2/c1-13-6-8-16(9-7-13)23-19(24)17(21)18(20(23)25)22-11-10-14-4-2-3-5-15(14)12-22/h2-9H,10-12H2,1H3. The van der Waals surface area contributed by atoms with E-state index in [0.29, 0.717) is 24.5 Å². The number of carbonyl (C=O) groups excluding carboxylic acids is 2. The summed E-state index contributed by atoms with van der Waals surface area (Å²) in [4.78, 5) is 28.6.